The zero-order valence-electron chi connectivity index (χ0n) is 13.9. The van der Waals surface area contributed by atoms with Crippen molar-refractivity contribution >= 4 is 43.4 Å². The summed E-state index contributed by atoms with van der Waals surface area (Å²) in [4.78, 5) is 9.59. The first-order valence-corrected chi connectivity index (χ1v) is 10.6. The third kappa shape index (κ3) is 2.83. The Bertz CT molecular complexity index is 1120. The highest BCUT2D eigenvalue weighted by Crippen LogP contribution is 2.39. The second-order valence-corrected chi connectivity index (χ2v) is 8.20. The van der Waals surface area contributed by atoms with Crippen molar-refractivity contribution < 1.29 is 0 Å². The highest BCUT2D eigenvalue weighted by atomic mass is 33.1. The van der Waals surface area contributed by atoms with Crippen LogP contribution in [0.25, 0.3) is 16.7 Å². The molecule has 3 aromatic carbocycles. The Morgan fingerprint density at radius 3 is 2.42 bits per heavy atom. The van der Waals surface area contributed by atoms with E-state index in [2.05, 4.69) is 65.2 Å². The standard InChI is InChI=1S/C21H15N3S2/c1-2-9-16(10-3-1)24-19-13-7-6-12-18(19)23-21(24)26-25-20-14-15-8-4-5-11-17(15)22-20/h1-13H,14H2. The fourth-order valence-corrected chi connectivity index (χ4v) is 5.20. The van der Waals surface area contributed by atoms with Gasteiger partial charge < -0.3 is 0 Å². The molecule has 1 aliphatic rings. The number of rotatable bonds is 3. The van der Waals surface area contributed by atoms with Crippen molar-refractivity contribution in [2.24, 2.45) is 4.99 Å². The fraction of sp³-hybridized carbons (Fsp3) is 0.0476. The lowest BCUT2D eigenvalue weighted by Gasteiger charge is -2.08. The Hall–Kier alpha value is -2.50. The van der Waals surface area contributed by atoms with Crippen LogP contribution in [0.1, 0.15) is 5.56 Å². The van der Waals surface area contributed by atoms with Crippen molar-refractivity contribution in [1.29, 1.82) is 0 Å². The Morgan fingerprint density at radius 2 is 1.54 bits per heavy atom. The molecule has 26 heavy (non-hydrogen) atoms. The van der Waals surface area contributed by atoms with Crippen LogP contribution in [0.15, 0.2) is 89.0 Å². The van der Waals surface area contributed by atoms with E-state index in [1.807, 2.05) is 18.2 Å². The Kier molecular flexibility index (Phi) is 4.03. The van der Waals surface area contributed by atoms with E-state index >= 15 is 0 Å². The van der Waals surface area contributed by atoms with Gasteiger partial charge in [0.15, 0.2) is 5.16 Å². The fourth-order valence-electron chi connectivity index (χ4n) is 3.13. The molecular formula is C21H15N3S2. The molecule has 0 N–H and O–H groups in total. The summed E-state index contributed by atoms with van der Waals surface area (Å²) in [6.45, 7) is 0. The van der Waals surface area contributed by atoms with Crippen LogP contribution in [0.5, 0.6) is 0 Å². The third-order valence-electron chi connectivity index (χ3n) is 4.34. The van der Waals surface area contributed by atoms with E-state index in [1.165, 1.54) is 5.56 Å². The molecule has 0 atom stereocenters. The van der Waals surface area contributed by atoms with Crippen molar-refractivity contribution in [1.82, 2.24) is 9.55 Å². The number of hydrogen-bond donors (Lipinski definition) is 0. The molecule has 0 fully saturated rings. The smallest absolute Gasteiger partial charge is 0.184 e. The molecule has 5 heteroatoms. The second kappa shape index (κ2) is 6.67. The van der Waals surface area contributed by atoms with E-state index in [-0.39, 0.29) is 0 Å². The first kappa shape index (κ1) is 15.7. The number of benzene rings is 3. The maximum Gasteiger partial charge on any atom is 0.184 e. The van der Waals surface area contributed by atoms with Gasteiger partial charge in [-0.25, -0.2) is 9.98 Å². The van der Waals surface area contributed by atoms with E-state index in [0.29, 0.717) is 0 Å². The Morgan fingerprint density at radius 1 is 0.769 bits per heavy atom. The molecule has 1 aliphatic heterocycles. The minimum atomic E-state index is 0.902. The van der Waals surface area contributed by atoms with Crippen molar-refractivity contribution in [3.63, 3.8) is 0 Å². The molecule has 4 aromatic rings. The topological polar surface area (TPSA) is 30.2 Å². The summed E-state index contributed by atoms with van der Waals surface area (Å²) in [5.41, 5.74) is 5.65. The van der Waals surface area contributed by atoms with E-state index in [4.69, 9.17) is 9.98 Å². The molecule has 0 spiro atoms. The summed E-state index contributed by atoms with van der Waals surface area (Å²) >= 11 is 0. The molecule has 126 valence electrons. The molecule has 3 nitrogen and oxygen atoms in total. The van der Waals surface area contributed by atoms with Gasteiger partial charge >= 0.3 is 0 Å². The summed E-state index contributed by atoms with van der Waals surface area (Å²) in [6.07, 6.45) is 0.902. The zero-order chi connectivity index (χ0) is 17.3. The molecule has 0 amide bonds. The monoisotopic (exact) mass is 373 g/mol. The number of para-hydroxylation sites is 4. The first-order valence-electron chi connectivity index (χ1n) is 8.41. The maximum atomic E-state index is 4.85. The third-order valence-corrected chi connectivity index (χ3v) is 6.54. The molecule has 5 rings (SSSR count). The Balaban J connectivity index is 1.48. The summed E-state index contributed by atoms with van der Waals surface area (Å²) in [7, 11) is 3.37. The van der Waals surface area contributed by atoms with Crippen LogP contribution in [-0.4, -0.2) is 14.6 Å². The van der Waals surface area contributed by atoms with Crippen LogP contribution in [0.4, 0.5) is 5.69 Å². The van der Waals surface area contributed by atoms with Gasteiger partial charge in [-0.15, -0.1) is 0 Å². The molecule has 0 bridgehead atoms. The van der Waals surface area contributed by atoms with Crippen LogP contribution in [-0.2, 0) is 6.42 Å². The van der Waals surface area contributed by atoms with Gasteiger partial charge in [0.2, 0.25) is 0 Å². The van der Waals surface area contributed by atoms with Crippen molar-refractivity contribution in [2.45, 2.75) is 11.6 Å². The highest BCUT2D eigenvalue weighted by Gasteiger charge is 2.18. The average Bonchev–Trinajstić information content (AvgIpc) is 3.27. The van der Waals surface area contributed by atoms with Gasteiger partial charge in [0.1, 0.15) is 0 Å². The van der Waals surface area contributed by atoms with Crippen molar-refractivity contribution in [2.75, 3.05) is 0 Å². The maximum absolute atomic E-state index is 4.85. The minimum Gasteiger partial charge on any atom is -0.287 e. The normalized spacial score (nSPS) is 13.0. The molecule has 1 aromatic heterocycles. The average molecular weight is 374 g/mol. The van der Waals surface area contributed by atoms with Gasteiger partial charge in [-0.05, 0) is 57.5 Å². The van der Waals surface area contributed by atoms with Crippen LogP contribution in [0, 0.1) is 0 Å². The minimum absolute atomic E-state index is 0.902. The number of fused-ring (bicyclic) bond motifs is 2. The van der Waals surface area contributed by atoms with E-state index in [9.17, 15) is 0 Å². The lowest BCUT2D eigenvalue weighted by Crippen LogP contribution is -1.96. The van der Waals surface area contributed by atoms with Gasteiger partial charge in [-0.2, -0.15) is 0 Å². The second-order valence-electron chi connectivity index (χ2n) is 6.03. The van der Waals surface area contributed by atoms with E-state index in [0.717, 1.165) is 39.0 Å². The number of aliphatic imine (C=N–C) groups is 1. The zero-order valence-corrected chi connectivity index (χ0v) is 15.5. The predicted octanol–water partition coefficient (Wildman–Crippen LogP) is 6.05. The number of hydrogen-bond acceptors (Lipinski definition) is 4. The number of aromatic nitrogens is 2. The van der Waals surface area contributed by atoms with E-state index in [1.54, 1.807) is 21.6 Å². The summed E-state index contributed by atoms with van der Waals surface area (Å²) in [5, 5.41) is 2.10. The molecule has 0 saturated carbocycles. The molecule has 0 aliphatic carbocycles. The largest absolute Gasteiger partial charge is 0.287 e. The van der Waals surface area contributed by atoms with Gasteiger partial charge in [-0.1, -0.05) is 48.5 Å². The quantitative estimate of drug-likeness (QED) is 0.409. The van der Waals surface area contributed by atoms with Crippen LogP contribution < -0.4 is 0 Å². The van der Waals surface area contributed by atoms with Crippen LogP contribution in [0.3, 0.4) is 0 Å². The van der Waals surface area contributed by atoms with Crippen LogP contribution in [0.2, 0.25) is 0 Å². The van der Waals surface area contributed by atoms with Crippen molar-refractivity contribution in [3.8, 4) is 5.69 Å². The van der Waals surface area contributed by atoms with E-state index < -0.39 is 0 Å². The lowest BCUT2D eigenvalue weighted by atomic mass is 10.2. The van der Waals surface area contributed by atoms with Crippen molar-refractivity contribution in [3.05, 3.63) is 84.4 Å². The van der Waals surface area contributed by atoms with Gasteiger partial charge in [0.25, 0.3) is 0 Å². The Labute approximate surface area is 159 Å². The van der Waals surface area contributed by atoms with Crippen LogP contribution >= 0.6 is 21.6 Å². The molecular weight excluding hydrogens is 358 g/mol. The predicted molar refractivity (Wildman–Crippen MR) is 112 cm³/mol. The lowest BCUT2D eigenvalue weighted by molar-refractivity contribution is 0.925. The summed E-state index contributed by atoms with van der Waals surface area (Å²) in [5.74, 6) is 0. The molecule has 0 radical (unpaired) electrons. The molecule has 0 saturated heterocycles. The SMILES string of the molecule is c1ccc(-n2c(SSC3=Nc4ccccc4C3)nc3ccccc32)cc1. The summed E-state index contributed by atoms with van der Waals surface area (Å²) in [6, 6.07) is 27.0. The van der Waals surface area contributed by atoms with Gasteiger partial charge in [0.05, 0.1) is 21.8 Å². The molecule has 0 unspecified atom stereocenters. The highest BCUT2D eigenvalue weighted by molar-refractivity contribution is 8.82. The summed E-state index contributed by atoms with van der Waals surface area (Å²) < 4.78 is 2.22. The number of nitrogens with zero attached hydrogens (tertiary/aromatic N) is 3. The number of imidazole rings is 1. The van der Waals surface area contributed by atoms with Gasteiger partial charge in [0, 0.05) is 12.1 Å². The first-order chi connectivity index (χ1) is 12.9. The molecule has 2 heterocycles. The van der Waals surface area contributed by atoms with Gasteiger partial charge in [-0.3, -0.25) is 4.57 Å².